The monoisotopic (exact) mass is 386 g/mol. The van der Waals surface area contributed by atoms with Crippen LogP contribution < -0.4 is 10.6 Å². The van der Waals surface area contributed by atoms with E-state index in [-0.39, 0.29) is 24.0 Å². The second kappa shape index (κ2) is 7.07. The Labute approximate surface area is 145 Å². The molecule has 0 saturated heterocycles. The quantitative estimate of drug-likeness (QED) is 0.787. The van der Waals surface area contributed by atoms with Crippen LogP contribution in [-0.4, -0.2) is 23.8 Å². The van der Waals surface area contributed by atoms with Gasteiger partial charge in [0.1, 0.15) is 11.4 Å². The Balaban J connectivity index is 1.89. The molecule has 0 aliphatic heterocycles. The number of anilines is 1. The van der Waals surface area contributed by atoms with E-state index in [0.717, 1.165) is 30.5 Å². The van der Waals surface area contributed by atoms with Gasteiger partial charge in [0, 0.05) is 17.8 Å². The average molecular weight is 387 g/mol. The summed E-state index contributed by atoms with van der Waals surface area (Å²) in [7, 11) is 0. The Morgan fingerprint density at radius 3 is 2.61 bits per heavy atom. The van der Waals surface area contributed by atoms with Gasteiger partial charge >= 0.3 is 6.09 Å². The number of carbonyl (C=O) groups is 1. The first-order valence-electron chi connectivity index (χ1n) is 7.86. The molecule has 0 spiro atoms. The lowest BCUT2D eigenvalue weighted by Gasteiger charge is -2.22. The van der Waals surface area contributed by atoms with Gasteiger partial charge in [-0.05, 0) is 80.6 Å². The lowest BCUT2D eigenvalue weighted by atomic mass is 10.1. The second-order valence-electron chi connectivity index (χ2n) is 7.08. The topological polar surface area (TPSA) is 50.4 Å². The van der Waals surface area contributed by atoms with Crippen molar-refractivity contribution in [2.24, 2.45) is 0 Å². The van der Waals surface area contributed by atoms with Gasteiger partial charge in [0.25, 0.3) is 0 Å². The van der Waals surface area contributed by atoms with Crippen molar-refractivity contribution in [3.05, 3.63) is 28.0 Å². The summed E-state index contributed by atoms with van der Waals surface area (Å²) in [5, 5.41) is 6.36. The number of alkyl carbamates (subject to hydrolysis) is 1. The van der Waals surface area contributed by atoms with E-state index >= 15 is 0 Å². The standard InChI is InChI=1S/C17H24BrFN2O2/c1-10-7-14(19)13(18)9-15(10)20-11-5-6-12(8-11)21-16(22)23-17(2,3)4/h7,9,11-12,20H,5-6,8H2,1-4H3,(H,21,22). The molecular weight excluding hydrogens is 363 g/mol. The van der Waals surface area contributed by atoms with Crippen LogP contribution >= 0.6 is 15.9 Å². The SMILES string of the molecule is Cc1cc(F)c(Br)cc1NC1CCC(NC(=O)OC(C)(C)C)C1. The Hall–Kier alpha value is -1.30. The molecule has 1 aromatic rings. The number of rotatable bonds is 3. The van der Waals surface area contributed by atoms with Crippen LogP contribution in [0.25, 0.3) is 0 Å². The smallest absolute Gasteiger partial charge is 0.407 e. The molecule has 1 amide bonds. The van der Waals surface area contributed by atoms with Gasteiger partial charge in [-0.25, -0.2) is 9.18 Å². The number of aryl methyl sites for hydroxylation is 1. The third kappa shape index (κ3) is 5.37. The molecule has 0 aromatic heterocycles. The van der Waals surface area contributed by atoms with Crippen LogP contribution in [0.2, 0.25) is 0 Å². The molecule has 1 fully saturated rings. The first kappa shape index (κ1) is 18.0. The number of nitrogens with one attached hydrogen (secondary N) is 2. The number of benzene rings is 1. The van der Waals surface area contributed by atoms with Gasteiger partial charge in [0.05, 0.1) is 4.47 Å². The summed E-state index contributed by atoms with van der Waals surface area (Å²) in [6.45, 7) is 7.42. The molecule has 1 saturated carbocycles. The predicted molar refractivity (Wildman–Crippen MR) is 93.3 cm³/mol. The fourth-order valence-electron chi connectivity index (χ4n) is 2.74. The van der Waals surface area contributed by atoms with Crippen molar-refractivity contribution in [3.63, 3.8) is 0 Å². The first-order chi connectivity index (χ1) is 10.6. The summed E-state index contributed by atoms with van der Waals surface area (Å²) in [5.74, 6) is -0.260. The lowest BCUT2D eigenvalue weighted by molar-refractivity contribution is 0.0505. The van der Waals surface area contributed by atoms with E-state index in [0.29, 0.717) is 4.47 Å². The van der Waals surface area contributed by atoms with Gasteiger partial charge in [0.2, 0.25) is 0 Å². The van der Waals surface area contributed by atoms with Gasteiger partial charge in [-0.3, -0.25) is 0 Å². The van der Waals surface area contributed by atoms with E-state index < -0.39 is 5.60 Å². The van der Waals surface area contributed by atoms with E-state index in [1.165, 1.54) is 6.07 Å². The van der Waals surface area contributed by atoms with Gasteiger partial charge in [-0.15, -0.1) is 0 Å². The van der Waals surface area contributed by atoms with Crippen molar-refractivity contribution in [2.75, 3.05) is 5.32 Å². The minimum atomic E-state index is -0.488. The number of ether oxygens (including phenoxy) is 1. The van der Waals surface area contributed by atoms with Gasteiger partial charge in [0.15, 0.2) is 0 Å². The van der Waals surface area contributed by atoms with Gasteiger partial charge in [-0.1, -0.05) is 0 Å². The number of hydrogen-bond acceptors (Lipinski definition) is 3. The molecule has 1 aliphatic carbocycles. The molecule has 6 heteroatoms. The lowest BCUT2D eigenvalue weighted by Crippen LogP contribution is -2.38. The maximum absolute atomic E-state index is 13.5. The molecule has 0 radical (unpaired) electrons. The largest absolute Gasteiger partial charge is 0.444 e. The van der Waals surface area contributed by atoms with Crippen molar-refractivity contribution < 1.29 is 13.9 Å². The Kier molecular flexibility index (Phi) is 5.55. The molecule has 0 bridgehead atoms. The minimum absolute atomic E-state index is 0.103. The van der Waals surface area contributed by atoms with Gasteiger partial charge < -0.3 is 15.4 Å². The van der Waals surface area contributed by atoms with E-state index in [4.69, 9.17) is 4.74 Å². The maximum atomic E-state index is 13.5. The number of carbonyl (C=O) groups excluding carboxylic acids is 1. The van der Waals surface area contributed by atoms with Crippen molar-refractivity contribution in [1.82, 2.24) is 5.32 Å². The van der Waals surface area contributed by atoms with Crippen molar-refractivity contribution >= 4 is 27.7 Å². The molecule has 23 heavy (non-hydrogen) atoms. The second-order valence-corrected chi connectivity index (χ2v) is 7.93. The fraction of sp³-hybridized carbons (Fsp3) is 0.588. The number of hydrogen-bond donors (Lipinski definition) is 2. The Morgan fingerprint density at radius 1 is 1.30 bits per heavy atom. The molecule has 4 nitrogen and oxygen atoms in total. The highest BCUT2D eigenvalue weighted by Crippen LogP contribution is 2.28. The minimum Gasteiger partial charge on any atom is -0.444 e. The average Bonchev–Trinajstić information content (AvgIpc) is 2.80. The van der Waals surface area contributed by atoms with Crippen LogP contribution in [0.3, 0.4) is 0 Å². The van der Waals surface area contributed by atoms with Crippen LogP contribution in [0.5, 0.6) is 0 Å². The summed E-state index contributed by atoms with van der Waals surface area (Å²) in [6.07, 6.45) is 2.31. The van der Waals surface area contributed by atoms with Crippen LogP contribution in [-0.2, 0) is 4.74 Å². The third-order valence-corrected chi connectivity index (χ3v) is 4.39. The number of halogens is 2. The fourth-order valence-corrected chi connectivity index (χ4v) is 3.08. The van der Waals surface area contributed by atoms with Crippen LogP contribution in [0.4, 0.5) is 14.9 Å². The summed E-state index contributed by atoms with van der Waals surface area (Å²) in [5.41, 5.74) is 1.30. The highest BCUT2D eigenvalue weighted by atomic mass is 79.9. The molecule has 2 atom stereocenters. The van der Waals surface area contributed by atoms with Crippen molar-refractivity contribution in [3.8, 4) is 0 Å². The molecule has 2 rings (SSSR count). The van der Waals surface area contributed by atoms with Crippen LogP contribution in [0.1, 0.15) is 45.6 Å². The molecular formula is C17H24BrFN2O2. The maximum Gasteiger partial charge on any atom is 0.407 e. The summed E-state index contributed by atoms with van der Waals surface area (Å²) in [6, 6.07) is 3.63. The van der Waals surface area contributed by atoms with E-state index in [1.807, 2.05) is 27.7 Å². The highest BCUT2D eigenvalue weighted by molar-refractivity contribution is 9.10. The highest BCUT2D eigenvalue weighted by Gasteiger charge is 2.28. The van der Waals surface area contributed by atoms with E-state index in [1.54, 1.807) is 6.07 Å². The van der Waals surface area contributed by atoms with E-state index in [9.17, 15) is 9.18 Å². The Bertz CT molecular complexity index is 587. The molecule has 2 N–H and O–H groups in total. The zero-order chi connectivity index (χ0) is 17.2. The van der Waals surface area contributed by atoms with Gasteiger partial charge in [-0.2, -0.15) is 0 Å². The predicted octanol–water partition coefficient (Wildman–Crippen LogP) is 4.75. The first-order valence-corrected chi connectivity index (χ1v) is 8.65. The normalized spacial score (nSPS) is 21.1. The van der Waals surface area contributed by atoms with Crippen LogP contribution in [0, 0.1) is 12.7 Å². The summed E-state index contributed by atoms with van der Waals surface area (Å²) < 4.78 is 19.2. The van der Waals surface area contributed by atoms with Crippen LogP contribution in [0.15, 0.2) is 16.6 Å². The van der Waals surface area contributed by atoms with E-state index in [2.05, 4.69) is 26.6 Å². The number of amides is 1. The molecule has 1 aromatic carbocycles. The third-order valence-electron chi connectivity index (χ3n) is 3.78. The zero-order valence-corrected chi connectivity index (χ0v) is 15.6. The summed E-state index contributed by atoms with van der Waals surface area (Å²) in [4.78, 5) is 11.8. The zero-order valence-electron chi connectivity index (χ0n) is 14.0. The molecule has 2 unspecified atom stereocenters. The molecule has 1 aliphatic rings. The Morgan fingerprint density at radius 2 is 1.96 bits per heavy atom. The van der Waals surface area contributed by atoms with Crippen molar-refractivity contribution in [1.29, 1.82) is 0 Å². The molecule has 0 heterocycles. The molecule has 128 valence electrons. The van der Waals surface area contributed by atoms with Crippen molar-refractivity contribution in [2.45, 2.75) is 64.6 Å². The summed E-state index contributed by atoms with van der Waals surface area (Å²) >= 11 is 3.21.